The zero-order valence-corrected chi connectivity index (χ0v) is 18.9. The molecule has 0 amide bonds. The molecular weight excluding hydrogens is 428 g/mol. The molecule has 0 aliphatic carbocycles. The lowest BCUT2D eigenvalue weighted by atomic mass is 9.83. The maximum absolute atomic E-state index is 12.3. The number of ether oxygens (including phenoxy) is 3. The number of nitrogens with two attached hydrogens (primary N) is 1. The number of fused-ring (bicyclic) bond motifs is 1. The third-order valence-corrected chi connectivity index (χ3v) is 5.40. The quantitative estimate of drug-likeness (QED) is 0.313. The number of hydrogen-bond acceptors (Lipinski definition) is 6. The molecule has 6 heteroatoms. The lowest BCUT2D eigenvalue weighted by molar-refractivity contribution is -0.128. The molecule has 3 aromatic carbocycles. The Kier molecular flexibility index (Phi) is 6.65. The predicted molar refractivity (Wildman–Crippen MR) is 129 cm³/mol. The van der Waals surface area contributed by atoms with Crippen molar-refractivity contribution < 1.29 is 19.0 Å². The molecule has 6 nitrogen and oxygen atoms in total. The second-order valence-electron chi connectivity index (χ2n) is 7.80. The van der Waals surface area contributed by atoms with Crippen molar-refractivity contribution in [1.82, 2.24) is 0 Å². The average Bonchev–Trinajstić information content (AvgIpc) is 2.83. The Hall–Kier alpha value is -4.50. The molecule has 3 aromatic rings. The third-order valence-electron chi connectivity index (χ3n) is 5.40. The first-order valence-electron chi connectivity index (χ1n) is 10.9. The van der Waals surface area contributed by atoms with Gasteiger partial charge in [-0.2, -0.15) is 5.26 Å². The number of carbonyl (C=O) groups excluding carboxylic acids is 1. The van der Waals surface area contributed by atoms with Crippen LogP contribution >= 0.6 is 0 Å². The molecule has 170 valence electrons. The van der Waals surface area contributed by atoms with Gasteiger partial charge in [0, 0.05) is 17.7 Å². The Balaban J connectivity index is 1.60. The Bertz CT molecular complexity index is 1320. The SMILES string of the molecule is CCOc1cccc(C2C(C#N)=C(N)Oc3cc(OC(=O)/C=C/c4ccc(C)cc4)ccc32)c1. The second-order valence-corrected chi connectivity index (χ2v) is 7.80. The van der Waals surface area contributed by atoms with Gasteiger partial charge in [0.1, 0.15) is 28.9 Å². The molecule has 0 aromatic heterocycles. The molecule has 0 saturated carbocycles. The van der Waals surface area contributed by atoms with Crippen LogP contribution < -0.4 is 19.9 Å². The Morgan fingerprint density at radius 3 is 2.65 bits per heavy atom. The molecule has 1 unspecified atom stereocenters. The van der Waals surface area contributed by atoms with E-state index in [1.165, 1.54) is 6.08 Å². The number of allylic oxidation sites excluding steroid dienone is 1. The molecule has 0 radical (unpaired) electrons. The van der Waals surface area contributed by atoms with Gasteiger partial charge in [0.05, 0.1) is 12.5 Å². The van der Waals surface area contributed by atoms with Crippen LogP contribution in [0, 0.1) is 18.3 Å². The number of benzene rings is 3. The van der Waals surface area contributed by atoms with Gasteiger partial charge in [0.2, 0.25) is 5.88 Å². The maximum atomic E-state index is 12.3. The summed E-state index contributed by atoms with van der Waals surface area (Å²) in [5.74, 6) is 0.515. The Morgan fingerprint density at radius 2 is 1.91 bits per heavy atom. The van der Waals surface area contributed by atoms with E-state index in [1.54, 1.807) is 24.3 Å². The summed E-state index contributed by atoms with van der Waals surface area (Å²) in [4.78, 5) is 12.3. The minimum absolute atomic E-state index is 0.0181. The summed E-state index contributed by atoms with van der Waals surface area (Å²) in [6.45, 7) is 4.44. The average molecular weight is 453 g/mol. The van der Waals surface area contributed by atoms with Crippen LogP contribution in [0.5, 0.6) is 17.2 Å². The molecule has 34 heavy (non-hydrogen) atoms. The van der Waals surface area contributed by atoms with E-state index in [2.05, 4.69) is 6.07 Å². The van der Waals surface area contributed by atoms with E-state index in [0.29, 0.717) is 29.4 Å². The van der Waals surface area contributed by atoms with Crippen molar-refractivity contribution in [2.75, 3.05) is 6.61 Å². The van der Waals surface area contributed by atoms with E-state index >= 15 is 0 Å². The number of carbonyl (C=O) groups is 1. The van der Waals surface area contributed by atoms with Crippen LogP contribution in [0.25, 0.3) is 6.08 Å². The molecule has 2 N–H and O–H groups in total. The smallest absolute Gasteiger partial charge is 0.336 e. The van der Waals surface area contributed by atoms with Crippen LogP contribution in [0.4, 0.5) is 0 Å². The minimum Gasteiger partial charge on any atom is -0.494 e. The number of hydrogen-bond donors (Lipinski definition) is 1. The van der Waals surface area contributed by atoms with Gasteiger partial charge in [-0.1, -0.05) is 48.0 Å². The first-order valence-corrected chi connectivity index (χ1v) is 10.9. The van der Waals surface area contributed by atoms with E-state index in [-0.39, 0.29) is 5.88 Å². The van der Waals surface area contributed by atoms with Crippen molar-refractivity contribution in [3.05, 3.63) is 107 Å². The third kappa shape index (κ3) is 4.94. The number of aryl methyl sites for hydroxylation is 1. The monoisotopic (exact) mass is 452 g/mol. The van der Waals surface area contributed by atoms with Crippen LogP contribution in [0.2, 0.25) is 0 Å². The van der Waals surface area contributed by atoms with Crippen molar-refractivity contribution in [1.29, 1.82) is 5.26 Å². The molecule has 0 saturated heterocycles. The number of esters is 1. The molecule has 1 atom stereocenters. The standard InChI is InChI=1S/C28H24N2O4/c1-3-32-21-6-4-5-20(15-21)27-23-13-12-22(16-25(23)34-28(30)24(27)17-29)33-26(31)14-11-19-9-7-18(2)8-10-19/h4-16,27H,3,30H2,1-2H3/b14-11+. The van der Waals surface area contributed by atoms with Crippen molar-refractivity contribution in [3.63, 3.8) is 0 Å². The summed E-state index contributed by atoms with van der Waals surface area (Å²) in [5, 5.41) is 9.76. The Morgan fingerprint density at radius 1 is 1.12 bits per heavy atom. The van der Waals surface area contributed by atoms with E-state index in [0.717, 1.165) is 22.3 Å². The lowest BCUT2D eigenvalue weighted by Gasteiger charge is -2.27. The van der Waals surface area contributed by atoms with Gasteiger partial charge in [-0.15, -0.1) is 0 Å². The zero-order chi connectivity index (χ0) is 24.1. The summed E-state index contributed by atoms with van der Waals surface area (Å²) in [6.07, 6.45) is 3.06. The summed E-state index contributed by atoms with van der Waals surface area (Å²) in [6, 6.07) is 22.6. The first kappa shape index (κ1) is 22.7. The molecule has 4 rings (SSSR count). The highest BCUT2D eigenvalue weighted by Gasteiger charge is 2.31. The normalized spacial score (nSPS) is 14.8. The molecular formula is C28H24N2O4. The summed E-state index contributed by atoms with van der Waals surface area (Å²) in [5.41, 5.74) is 10.0. The van der Waals surface area contributed by atoms with Gasteiger partial charge >= 0.3 is 5.97 Å². The summed E-state index contributed by atoms with van der Waals surface area (Å²) < 4.78 is 16.8. The van der Waals surface area contributed by atoms with E-state index in [4.69, 9.17) is 19.9 Å². The van der Waals surface area contributed by atoms with Gasteiger partial charge in [-0.25, -0.2) is 4.79 Å². The fraction of sp³-hybridized carbons (Fsp3) is 0.143. The Labute approximate surface area is 198 Å². The fourth-order valence-electron chi connectivity index (χ4n) is 3.78. The van der Waals surface area contributed by atoms with E-state index in [9.17, 15) is 10.1 Å². The van der Waals surface area contributed by atoms with Crippen molar-refractivity contribution in [2.24, 2.45) is 5.73 Å². The highest BCUT2D eigenvalue weighted by molar-refractivity contribution is 5.88. The summed E-state index contributed by atoms with van der Waals surface area (Å²) >= 11 is 0. The molecule has 1 aliphatic rings. The molecule has 0 fully saturated rings. The van der Waals surface area contributed by atoms with Gasteiger partial charge in [0.15, 0.2) is 0 Å². The predicted octanol–water partition coefficient (Wildman–Crippen LogP) is 5.23. The zero-order valence-electron chi connectivity index (χ0n) is 18.9. The van der Waals surface area contributed by atoms with Crippen LogP contribution in [0.1, 0.15) is 35.1 Å². The van der Waals surface area contributed by atoms with Crippen molar-refractivity contribution >= 4 is 12.0 Å². The van der Waals surface area contributed by atoms with Gasteiger partial charge in [-0.05, 0) is 49.2 Å². The number of nitrogens with zero attached hydrogens (tertiary/aromatic N) is 1. The molecule has 0 bridgehead atoms. The first-order chi connectivity index (χ1) is 16.5. The highest BCUT2D eigenvalue weighted by Crippen LogP contribution is 2.44. The van der Waals surface area contributed by atoms with Crippen LogP contribution in [-0.2, 0) is 4.79 Å². The number of rotatable bonds is 6. The van der Waals surface area contributed by atoms with Crippen molar-refractivity contribution in [2.45, 2.75) is 19.8 Å². The molecule has 1 aliphatic heterocycles. The second kappa shape index (κ2) is 9.97. The summed E-state index contributed by atoms with van der Waals surface area (Å²) in [7, 11) is 0. The molecule has 0 spiro atoms. The van der Waals surface area contributed by atoms with Crippen LogP contribution in [-0.4, -0.2) is 12.6 Å². The topological polar surface area (TPSA) is 94.6 Å². The number of nitriles is 1. The van der Waals surface area contributed by atoms with Crippen LogP contribution in [0.3, 0.4) is 0 Å². The van der Waals surface area contributed by atoms with Gasteiger partial charge in [0.25, 0.3) is 0 Å². The van der Waals surface area contributed by atoms with Crippen molar-refractivity contribution in [3.8, 4) is 23.3 Å². The fourth-order valence-corrected chi connectivity index (χ4v) is 3.78. The lowest BCUT2D eigenvalue weighted by Crippen LogP contribution is -2.21. The van der Waals surface area contributed by atoms with E-state index in [1.807, 2.05) is 62.4 Å². The molecule has 1 heterocycles. The van der Waals surface area contributed by atoms with Gasteiger partial charge < -0.3 is 19.9 Å². The maximum Gasteiger partial charge on any atom is 0.336 e. The van der Waals surface area contributed by atoms with E-state index < -0.39 is 11.9 Å². The largest absolute Gasteiger partial charge is 0.494 e. The van der Waals surface area contributed by atoms with Crippen LogP contribution in [0.15, 0.2) is 84.3 Å². The van der Waals surface area contributed by atoms with Gasteiger partial charge in [-0.3, -0.25) is 0 Å². The minimum atomic E-state index is -0.515. The highest BCUT2D eigenvalue weighted by atomic mass is 16.5.